The van der Waals surface area contributed by atoms with Gasteiger partial charge >= 0.3 is 0 Å². The van der Waals surface area contributed by atoms with Crippen molar-refractivity contribution < 1.29 is 9.42 Å². The summed E-state index contributed by atoms with van der Waals surface area (Å²) >= 11 is 0. The molecule has 0 bridgehead atoms. The maximum atomic E-state index is 12.3. The molecule has 1 fully saturated rings. The van der Waals surface area contributed by atoms with Gasteiger partial charge in [0.25, 0.3) is 5.91 Å². The highest BCUT2D eigenvalue weighted by Crippen LogP contribution is 2.21. The van der Waals surface area contributed by atoms with E-state index in [1.54, 1.807) is 0 Å². The number of nitrogen functional groups attached to an aromatic ring is 1. The summed E-state index contributed by atoms with van der Waals surface area (Å²) < 4.78 is 4.48. The molecular weight excluding hydrogens is 220 g/mol. The van der Waals surface area contributed by atoms with Gasteiger partial charge in [0.1, 0.15) is 0 Å². The first-order valence-corrected chi connectivity index (χ1v) is 6.13. The number of likely N-dealkylation sites (tertiary alicyclic amines) is 1. The minimum atomic E-state index is -0.155. The third-order valence-corrected chi connectivity index (χ3v) is 3.33. The summed E-state index contributed by atoms with van der Waals surface area (Å²) in [6.07, 6.45) is 5.39. The van der Waals surface area contributed by atoms with Crippen LogP contribution >= 0.6 is 0 Å². The number of carbonyl (C=O) groups is 1. The highest BCUT2D eigenvalue weighted by Gasteiger charge is 2.28. The molecule has 1 saturated heterocycles. The Hall–Kier alpha value is -1.59. The molecular formula is C11H18N4O2. The standard InChI is InChI=1S/C11H18N4O2/c1-2-8-6-4-3-5-7-15(8)11(16)9-10(12)14-17-13-9/h8H,2-7H2,1H3,(H2,12,14). The van der Waals surface area contributed by atoms with Crippen LogP contribution in [0.3, 0.4) is 0 Å². The summed E-state index contributed by atoms with van der Waals surface area (Å²) in [6, 6.07) is 0.279. The highest BCUT2D eigenvalue weighted by atomic mass is 16.6. The van der Waals surface area contributed by atoms with Crippen molar-refractivity contribution in [1.29, 1.82) is 0 Å². The van der Waals surface area contributed by atoms with Gasteiger partial charge in [-0.2, -0.15) is 0 Å². The zero-order valence-electron chi connectivity index (χ0n) is 10.1. The first-order chi connectivity index (χ1) is 8.24. The third-order valence-electron chi connectivity index (χ3n) is 3.33. The van der Waals surface area contributed by atoms with Crippen LogP contribution in [0, 0.1) is 0 Å². The number of amides is 1. The van der Waals surface area contributed by atoms with Gasteiger partial charge in [-0.1, -0.05) is 19.8 Å². The Labute approximate surface area is 100 Å². The second-order valence-electron chi connectivity index (χ2n) is 4.41. The van der Waals surface area contributed by atoms with Crippen molar-refractivity contribution in [1.82, 2.24) is 15.2 Å². The number of anilines is 1. The van der Waals surface area contributed by atoms with E-state index in [2.05, 4.69) is 21.9 Å². The lowest BCUT2D eigenvalue weighted by molar-refractivity contribution is 0.0667. The summed E-state index contributed by atoms with van der Waals surface area (Å²) in [5, 5.41) is 7.04. The molecule has 17 heavy (non-hydrogen) atoms. The Balaban J connectivity index is 2.18. The largest absolute Gasteiger partial charge is 0.379 e. The molecule has 1 amide bonds. The van der Waals surface area contributed by atoms with E-state index in [9.17, 15) is 4.79 Å². The number of nitrogens with zero attached hydrogens (tertiary/aromatic N) is 3. The van der Waals surface area contributed by atoms with E-state index in [4.69, 9.17) is 5.73 Å². The summed E-state index contributed by atoms with van der Waals surface area (Å²) in [5.41, 5.74) is 5.70. The molecule has 1 atom stereocenters. The number of hydrogen-bond donors (Lipinski definition) is 1. The molecule has 94 valence electrons. The molecule has 0 radical (unpaired) electrons. The van der Waals surface area contributed by atoms with Gasteiger partial charge in [0.05, 0.1) is 0 Å². The van der Waals surface area contributed by atoms with Crippen molar-refractivity contribution in [2.45, 2.75) is 45.1 Å². The second kappa shape index (κ2) is 5.16. The minimum Gasteiger partial charge on any atom is -0.379 e. The third kappa shape index (κ3) is 2.40. The summed E-state index contributed by atoms with van der Waals surface area (Å²) in [7, 11) is 0. The number of aromatic nitrogens is 2. The fraction of sp³-hybridized carbons (Fsp3) is 0.727. The van der Waals surface area contributed by atoms with Gasteiger partial charge in [-0.15, -0.1) is 0 Å². The van der Waals surface area contributed by atoms with Crippen LogP contribution in [0.1, 0.15) is 49.5 Å². The smallest absolute Gasteiger partial charge is 0.280 e. The van der Waals surface area contributed by atoms with Crippen molar-refractivity contribution in [3.63, 3.8) is 0 Å². The van der Waals surface area contributed by atoms with Crippen LogP contribution in [0.15, 0.2) is 4.63 Å². The number of hydrogen-bond acceptors (Lipinski definition) is 5. The van der Waals surface area contributed by atoms with Gasteiger partial charge in [-0.3, -0.25) is 4.79 Å². The molecule has 1 unspecified atom stereocenters. The van der Waals surface area contributed by atoms with Crippen molar-refractivity contribution in [2.75, 3.05) is 12.3 Å². The predicted molar refractivity (Wildman–Crippen MR) is 62.3 cm³/mol. The molecule has 1 aromatic heterocycles. The first kappa shape index (κ1) is 11.9. The Morgan fingerprint density at radius 3 is 2.94 bits per heavy atom. The van der Waals surface area contributed by atoms with Crippen LogP contribution in [-0.2, 0) is 0 Å². The van der Waals surface area contributed by atoms with Crippen LogP contribution < -0.4 is 5.73 Å². The predicted octanol–water partition coefficient (Wildman–Crippen LogP) is 1.45. The lowest BCUT2D eigenvalue weighted by Crippen LogP contribution is -2.40. The molecule has 1 aliphatic rings. The average Bonchev–Trinajstić information content (AvgIpc) is 2.64. The van der Waals surface area contributed by atoms with Crippen LogP contribution in [0.5, 0.6) is 0 Å². The summed E-state index contributed by atoms with van der Waals surface area (Å²) in [6.45, 7) is 2.87. The molecule has 2 N–H and O–H groups in total. The maximum absolute atomic E-state index is 12.3. The summed E-state index contributed by atoms with van der Waals surface area (Å²) in [5.74, 6) is -0.0772. The maximum Gasteiger partial charge on any atom is 0.280 e. The van der Waals surface area contributed by atoms with Crippen LogP contribution in [-0.4, -0.2) is 33.7 Å². The van der Waals surface area contributed by atoms with E-state index >= 15 is 0 Å². The minimum absolute atomic E-state index is 0.0779. The van der Waals surface area contributed by atoms with Crippen molar-refractivity contribution >= 4 is 11.7 Å². The molecule has 6 heteroatoms. The van der Waals surface area contributed by atoms with E-state index in [1.165, 1.54) is 12.8 Å². The quantitative estimate of drug-likeness (QED) is 0.842. The molecule has 0 spiro atoms. The second-order valence-corrected chi connectivity index (χ2v) is 4.41. The SMILES string of the molecule is CCC1CCCCCN1C(=O)c1nonc1N. The molecule has 0 saturated carbocycles. The van der Waals surface area contributed by atoms with Gasteiger partial charge in [-0.05, 0) is 29.6 Å². The lowest BCUT2D eigenvalue weighted by Gasteiger charge is -2.28. The molecule has 2 rings (SSSR count). The normalized spacial score (nSPS) is 21.2. The molecule has 2 heterocycles. The molecule has 0 aliphatic carbocycles. The Bertz CT molecular complexity index is 391. The van der Waals surface area contributed by atoms with Crippen molar-refractivity contribution in [3.8, 4) is 0 Å². The van der Waals surface area contributed by atoms with Crippen LogP contribution in [0.2, 0.25) is 0 Å². The van der Waals surface area contributed by atoms with E-state index < -0.39 is 0 Å². The van der Waals surface area contributed by atoms with Crippen molar-refractivity contribution in [3.05, 3.63) is 5.69 Å². The topological polar surface area (TPSA) is 85.2 Å². The molecule has 1 aliphatic heterocycles. The zero-order chi connectivity index (χ0) is 12.3. The highest BCUT2D eigenvalue weighted by molar-refractivity contribution is 5.96. The molecule has 0 aromatic carbocycles. The number of carbonyl (C=O) groups excluding carboxylic acids is 1. The van der Waals surface area contributed by atoms with E-state index in [-0.39, 0.29) is 23.5 Å². The van der Waals surface area contributed by atoms with Gasteiger partial charge in [-0.25, -0.2) is 4.63 Å². The van der Waals surface area contributed by atoms with Gasteiger partial charge in [0.2, 0.25) is 11.5 Å². The van der Waals surface area contributed by atoms with Crippen LogP contribution in [0.25, 0.3) is 0 Å². The monoisotopic (exact) mass is 238 g/mol. The van der Waals surface area contributed by atoms with Gasteiger partial charge < -0.3 is 10.6 Å². The van der Waals surface area contributed by atoms with E-state index in [0.717, 1.165) is 25.8 Å². The average molecular weight is 238 g/mol. The van der Waals surface area contributed by atoms with Crippen LogP contribution in [0.4, 0.5) is 5.82 Å². The fourth-order valence-electron chi connectivity index (χ4n) is 2.35. The Morgan fingerprint density at radius 1 is 1.47 bits per heavy atom. The van der Waals surface area contributed by atoms with E-state index in [1.807, 2.05) is 4.90 Å². The van der Waals surface area contributed by atoms with Gasteiger partial charge in [0.15, 0.2) is 0 Å². The molecule has 1 aromatic rings. The van der Waals surface area contributed by atoms with Crippen molar-refractivity contribution in [2.24, 2.45) is 0 Å². The molecule has 6 nitrogen and oxygen atoms in total. The number of rotatable bonds is 2. The first-order valence-electron chi connectivity index (χ1n) is 6.13. The zero-order valence-corrected chi connectivity index (χ0v) is 10.1. The Kier molecular flexibility index (Phi) is 3.61. The van der Waals surface area contributed by atoms with Gasteiger partial charge in [0, 0.05) is 12.6 Å². The fourth-order valence-corrected chi connectivity index (χ4v) is 2.35. The number of nitrogens with two attached hydrogens (primary N) is 1. The summed E-state index contributed by atoms with van der Waals surface area (Å²) in [4.78, 5) is 14.2. The van der Waals surface area contributed by atoms with E-state index in [0.29, 0.717) is 0 Å². The Morgan fingerprint density at radius 2 is 2.29 bits per heavy atom. The lowest BCUT2D eigenvalue weighted by atomic mass is 10.1.